The van der Waals surface area contributed by atoms with E-state index in [9.17, 15) is 4.79 Å². The van der Waals surface area contributed by atoms with Gasteiger partial charge in [-0.3, -0.25) is 0 Å². The molecule has 0 spiro atoms. The van der Waals surface area contributed by atoms with Crippen LogP contribution in [0.3, 0.4) is 0 Å². The molecule has 3 aromatic rings. The average molecular weight is 443 g/mol. The third kappa shape index (κ3) is 4.29. The van der Waals surface area contributed by atoms with Crippen molar-refractivity contribution >= 4 is 64.5 Å². The fraction of sp³-hybridized carbons (Fsp3) is 0.118. The van der Waals surface area contributed by atoms with Crippen LogP contribution in [0.2, 0.25) is 10.0 Å². The summed E-state index contributed by atoms with van der Waals surface area (Å²) in [4.78, 5) is 12.3. The lowest BCUT2D eigenvalue weighted by atomic mass is 10.2. The summed E-state index contributed by atoms with van der Waals surface area (Å²) in [6.45, 7) is 0.00726. The average Bonchev–Trinajstić information content (AvgIpc) is 3.02. The van der Waals surface area contributed by atoms with E-state index in [1.54, 1.807) is 47.1 Å². The second-order valence-electron chi connectivity index (χ2n) is 5.07. The van der Waals surface area contributed by atoms with Gasteiger partial charge in [0.2, 0.25) is 0 Å². The number of esters is 1. The Kier molecular flexibility index (Phi) is 6.37. The van der Waals surface area contributed by atoms with Crippen molar-refractivity contribution in [2.75, 3.05) is 6.26 Å². The monoisotopic (exact) mass is 442 g/mol. The maximum Gasteiger partial charge on any atom is 0.338 e. The van der Waals surface area contributed by atoms with E-state index in [0.717, 1.165) is 10.0 Å². The summed E-state index contributed by atoms with van der Waals surface area (Å²) < 4.78 is 8.52. The van der Waals surface area contributed by atoms with Crippen LogP contribution in [-0.2, 0) is 11.3 Å². The molecule has 1 aromatic heterocycles. The molecule has 0 radical (unpaired) electrons. The van der Waals surface area contributed by atoms with Crippen molar-refractivity contribution in [3.8, 4) is 5.69 Å². The summed E-state index contributed by atoms with van der Waals surface area (Å²) in [6.07, 6.45) is 1.95. The molecule has 4 nitrogen and oxygen atoms in total. The number of ether oxygens (including phenoxy) is 1. The summed E-state index contributed by atoms with van der Waals surface area (Å²) in [7, 11) is 0. The van der Waals surface area contributed by atoms with Gasteiger partial charge in [-0.2, -0.15) is 0 Å². The lowest BCUT2D eigenvalue weighted by molar-refractivity contribution is 0.0473. The molecule has 0 saturated heterocycles. The van der Waals surface area contributed by atoms with Crippen LogP contribution >= 0.6 is 58.5 Å². The molecule has 2 aromatic carbocycles. The maximum atomic E-state index is 12.3. The third-order valence-corrected chi connectivity index (χ3v) is 6.38. The van der Waals surface area contributed by atoms with E-state index in [4.69, 9.17) is 40.2 Å². The lowest BCUT2D eigenvalue weighted by Crippen LogP contribution is -2.06. The number of carbonyl (C=O) groups excluding carboxylic acids is 1. The molecule has 0 fully saturated rings. The van der Waals surface area contributed by atoms with E-state index in [1.807, 2.05) is 6.26 Å². The zero-order valence-electron chi connectivity index (χ0n) is 13.4. The van der Waals surface area contributed by atoms with E-state index in [0.29, 0.717) is 25.1 Å². The van der Waals surface area contributed by atoms with Crippen LogP contribution < -0.4 is 0 Å². The van der Waals surface area contributed by atoms with Gasteiger partial charge in [-0.05, 0) is 54.9 Å². The molecule has 9 heteroatoms. The first kappa shape index (κ1) is 19.4. The molecule has 1 heterocycles. The van der Waals surface area contributed by atoms with Crippen LogP contribution in [0.4, 0.5) is 0 Å². The van der Waals surface area contributed by atoms with Crippen LogP contribution in [0, 0.1) is 3.95 Å². The molecular formula is C17H12Cl2N2O2S3. The second kappa shape index (κ2) is 8.54. The minimum atomic E-state index is -0.459. The molecule has 0 aliphatic rings. The maximum absolute atomic E-state index is 12.3. The minimum absolute atomic E-state index is 0.00726. The van der Waals surface area contributed by atoms with E-state index < -0.39 is 5.97 Å². The summed E-state index contributed by atoms with van der Waals surface area (Å²) in [5.41, 5.74) is 1.79. The molecule has 0 amide bonds. The van der Waals surface area contributed by atoms with E-state index in [-0.39, 0.29) is 6.61 Å². The van der Waals surface area contributed by atoms with Crippen molar-refractivity contribution in [1.29, 1.82) is 0 Å². The summed E-state index contributed by atoms with van der Waals surface area (Å²) in [5.74, 6) is -0.459. The number of thioether (sulfide) groups is 1. The SMILES string of the molecule is CSc1nn(-c2ccc(C(=O)OCc3c(Cl)cccc3Cl)cc2)c(=S)s1. The highest BCUT2D eigenvalue weighted by Crippen LogP contribution is 2.25. The highest BCUT2D eigenvalue weighted by Gasteiger charge is 2.12. The standard InChI is InChI=1S/C17H12Cl2N2O2S3/c1-25-16-20-21(17(24)26-16)11-7-5-10(6-8-11)15(22)23-9-12-13(18)3-2-4-14(12)19/h2-8H,9H2,1H3. The molecule has 26 heavy (non-hydrogen) atoms. The van der Waals surface area contributed by atoms with Crippen molar-refractivity contribution in [3.63, 3.8) is 0 Å². The fourth-order valence-electron chi connectivity index (χ4n) is 2.14. The zero-order chi connectivity index (χ0) is 18.7. The Labute approximate surface area is 173 Å². The molecule has 0 unspecified atom stereocenters. The fourth-order valence-corrected chi connectivity index (χ4v) is 4.42. The Hall–Kier alpha value is -1.38. The normalized spacial score (nSPS) is 10.7. The van der Waals surface area contributed by atoms with Crippen molar-refractivity contribution in [1.82, 2.24) is 9.78 Å². The van der Waals surface area contributed by atoms with Gasteiger partial charge in [0.15, 0.2) is 8.29 Å². The van der Waals surface area contributed by atoms with Gasteiger partial charge in [-0.15, -0.1) is 5.10 Å². The van der Waals surface area contributed by atoms with E-state index in [2.05, 4.69) is 5.10 Å². The Morgan fingerprint density at radius 2 is 1.88 bits per heavy atom. The molecule has 0 N–H and O–H groups in total. The molecule has 0 saturated carbocycles. The highest BCUT2D eigenvalue weighted by molar-refractivity contribution is 8.00. The number of nitrogens with zero attached hydrogens (tertiary/aromatic N) is 2. The van der Waals surface area contributed by atoms with Gasteiger partial charge in [-0.25, -0.2) is 9.48 Å². The molecular weight excluding hydrogens is 431 g/mol. The van der Waals surface area contributed by atoms with Crippen LogP contribution in [0.15, 0.2) is 46.8 Å². The number of hydrogen-bond acceptors (Lipinski definition) is 6. The number of aromatic nitrogens is 2. The smallest absolute Gasteiger partial charge is 0.338 e. The Morgan fingerprint density at radius 1 is 1.23 bits per heavy atom. The van der Waals surface area contributed by atoms with Crippen molar-refractivity contribution < 1.29 is 9.53 Å². The first-order chi connectivity index (χ1) is 12.5. The van der Waals surface area contributed by atoms with Crippen LogP contribution in [0.1, 0.15) is 15.9 Å². The number of rotatable bonds is 5. The number of hydrogen-bond donors (Lipinski definition) is 0. The topological polar surface area (TPSA) is 44.1 Å². The van der Waals surface area contributed by atoms with Gasteiger partial charge in [0.25, 0.3) is 0 Å². The molecule has 0 bridgehead atoms. The quantitative estimate of drug-likeness (QED) is 0.273. The zero-order valence-corrected chi connectivity index (χ0v) is 17.4. The van der Waals surface area contributed by atoms with Crippen LogP contribution in [0.25, 0.3) is 5.69 Å². The summed E-state index contributed by atoms with van der Waals surface area (Å²) >= 11 is 20.5. The summed E-state index contributed by atoms with van der Waals surface area (Å²) in [6, 6.07) is 12.0. The van der Waals surface area contributed by atoms with Gasteiger partial charge in [-0.1, -0.05) is 52.4 Å². The number of carbonyl (C=O) groups is 1. The van der Waals surface area contributed by atoms with Gasteiger partial charge in [0, 0.05) is 15.6 Å². The highest BCUT2D eigenvalue weighted by atomic mass is 35.5. The van der Waals surface area contributed by atoms with Crippen molar-refractivity contribution in [2.24, 2.45) is 0 Å². The largest absolute Gasteiger partial charge is 0.457 e. The predicted molar refractivity (Wildman–Crippen MR) is 110 cm³/mol. The van der Waals surface area contributed by atoms with Crippen molar-refractivity contribution in [3.05, 3.63) is 67.6 Å². The first-order valence-electron chi connectivity index (χ1n) is 7.34. The molecule has 0 aliphatic heterocycles. The molecule has 3 rings (SSSR count). The van der Waals surface area contributed by atoms with Gasteiger partial charge >= 0.3 is 5.97 Å². The summed E-state index contributed by atoms with van der Waals surface area (Å²) in [5, 5.41) is 5.34. The second-order valence-corrected chi connectivity index (χ2v) is 8.56. The molecule has 0 atom stereocenters. The number of benzene rings is 2. The number of halogens is 2. The third-order valence-electron chi connectivity index (χ3n) is 3.46. The minimum Gasteiger partial charge on any atom is -0.457 e. The van der Waals surface area contributed by atoms with Crippen LogP contribution in [0.5, 0.6) is 0 Å². The predicted octanol–water partition coefficient (Wildman–Crippen LogP) is 6.05. The van der Waals surface area contributed by atoms with E-state index in [1.165, 1.54) is 23.1 Å². The van der Waals surface area contributed by atoms with Gasteiger partial charge in [0.1, 0.15) is 6.61 Å². The van der Waals surface area contributed by atoms with E-state index >= 15 is 0 Å². The van der Waals surface area contributed by atoms with Gasteiger partial charge in [0.05, 0.1) is 11.3 Å². The van der Waals surface area contributed by atoms with Crippen LogP contribution in [-0.4, -0.2) is 22.0 Å². The Morgan fingerprint density at radius 3 is 2.46 bits per heavy atom. The Bertz CT molecular complexity index is 980. The molecule has 0 aliphatic carbocycles. The Balaban J connectivity index is 1.73. The lowest BCUT2D eigenvalue weighted by Gasteiger charge is -2.09. The van der Waals surface area contributed by atoms with Crippen molar-refractivity contribution in [2.45, 2.75) is 10.9 Å². The van der Waals surface area contributed by atoms with Gasteiger partial charge < -0.3 is 4.74 Å². The first-order valence-corrected chi connectivity index (χ1v) is 10.5. The molecule has 134 valence electrons.